The highest BCUT2D eigenvalue weighted by molar-refractivity contribution is 5.59. The number of nitrogens with zero attached hydrogens (tertiary/aromatic N) is 2. The van der Waals surface area contributed by atoms with Gasteiger partial charge in [-0.25, -0.2) is 0 Å². The first kappa shape index (κ1) is 13.4. The zero-order valence-electron chi connectivity index (χ0n) is 10.5. The molecule has 2 aromatic rings. The summed E-state index contributed by atoms with van der Waals surface area (Å²) < 4.78 is 0. The van der Waals surface area contributed by atoms with E-state index in [2.05, 4.69) is 5.32 Å². The Balaban J connectivity index is 2.14. The van der Waals surface area contributed by atoms with Gasteiger partial charge in [0.25, 0.3) is 5.69 Å². The fourth-order valence-electron chi connectivity index (χ4n) is 1.73. The van der Waals surface area contributed by atoms with Crippen LogP contribution in [0.15, 0.2) is 42.5 Å². The van der Waals surface area contributed by atoms with Crippen molar-refractivity contribution < 1.29 is 4.92 Å². The van der Waals surface area contributed by atoms with Crippen LogP contribution >= 0.6 is 0 Å². The van der Waals surface area contributed by atoms with Gasteiger partial charge < -0.3 is 11.1 Å². The molecule has 0 atom stereocenters. The van der Waals surface area contributed by atoms with Crippen LogP contribution in [0.4, 0.5) is 17.1 Å². The summed E-state index contributed by atoms with van der Waals surface area (Å²) in [5.41, 5.74) is 7.72. The highest BCUT2D eigenvalue weighted by Gasteiger charge is 2.13. The maximum atomic E-state index is 10.9. The molecule has 0 radical (unpaired) electrons. The third-order valence-electron chi connectivity index (χ3n) is 2.79. The zero-order chi connectivity index (χ0) is 14.5. The van der Waals surface area contributed by atoms with Crippen molar-refractivity contribution in [1.29, 1.82) is 5.26 Å². The predicted octanol–water partition coefficient (Wildman–Crippen LogP) is 2.66. The number of nitrogens with one attached hydrogen (secondary N) is 1. The summed E-state index contributed by atoms with van der Waals surface area (Å²) in [6.45, 7) is 0.517. The van der Waals surface area contributed by atoms with E-state index >= 15 is 0 Å². The minimum atomic E-state index is -0.563. The average Bonchev–Trinajstić information content (AvgIpc) is 2.46. The van der Waals surface area contributed by atoms with Crippen LogP contribution in [0.1, 0.15) is 11.1 Å². The third kappa shape index (κ3) is 3.03. The van der Waals surface area contributed by atoms with E-state index in [1.165, 1.54) is 12.1 Å². The lowest BCUT2D eigenvalue weighted by atomic mass is 10.1. The van der Waals surface area contributed by atoms with Gasteiger partial charge in [-0.1, -0.05) is 12.1 Å². The molecule has 0 amide bonds. The Morgan fingerprint density at radius 2 is 1.95 bits per heavy atom. The van der Waals surface area contributed by atoms with Gasteiger partial charge in [0.1, 0.15) is 11.6 Å². The van der Waals surface area contributed by atoms with Crippen LogP contribution in [0.5, 0.6) is 0 Å². The third-order valence-corrected chi connectivity index (χ3v) is 2.79. The lowest BCUT2D eigenvalue weighted by Gasteiger charge is -2.07. The Labute approximate surface area is 115 Å². The topological polar surface area (TPSA) is 105 Å². The maximum absolute atomic E-state index is 10.9. The molecule has 0 bridgehead atoms. The Morgan fingerprint density at radius 3 is 2.55 bits per heavy atom. The van der Waals surface area contributed by atoms with Gasteiger partial charge in [-0.3, -0.25) is 10.1 Å². The van der Waals surface area contributed by atoms with Crippen LogP contribution < -0.4 is 11.1 Å². The van der Waals surface area contributed by atoms with E-state index in [-0.39, 0.29) is 11.3 Å². The first-order valence-electron chi connectivity index (χ1n) is 5.87. The fourth-order valence-corrected chi connectivity index (χ4v) is 1.73. The molecule has 2 rings (SSSR count). The Hall–Kier alpha value is -3.07. The number of nitrogens with two attached hydrogens (primary N) is 1. The number of benzene rings is 2. The Kier molecular flexibility index (Phi) is 3.82. The normalized spacial score (nSPS) is 9.75. The molecule has 0 fully saturated rings. The summed E-state index contributed by atoms with van der Waals surface area (Å²) >= 11 is 0. The zero-order valence-corrected chi connectivity index (χ0v) is 10.5. The number of nitrogen functional groups attached to an aromatic ring is 1. The summed E-state index contributed by atoms with van der Waals surface area (Å²) in [7, 11) is 0. The summed E-state index contributed by atoms with van der Waals surface area (Å²) in [6, 6.07) is 13.6. The van der Waals surface area contributed by atoms with E-state index in [1.54, 1.807) is 24.3 Å². The second-order valence-electron chi connectivity index (χ2n) is 4.20. The Morgan fingerprint density at radius 1 is 1.25 bits per heavy atom. The highest BCUT2D eigenvalue weighted by Crippen LogP contribution is 2.22. The summed E-state index contributed by atoms with van der Waals surface area (Å²) in [6.07, 6.45) is 0. The molecular formula is C14H12N4O2. The highest BCUT2D eigenvalue weighted by atomic mass is 16.6. The van der Waals surface area contributed by atoms with Gasteiger partial charge in [0, 0.05) is 24.0 Å². The summed E-state index contributed by atoms with van der Waals surface area (Å²) in [5.74, 6) is 0. The molecule has 6 nitrogen and oxygen atoms in total. The largest absolute Gasteiger partial charge is 0.399 e. The van der Waals surface area contributed by atoms with Gasteiger partial charge in [-0.2, -0.15) is 5.26 Å². The van der Waals surface area contributed by atoms with Crippen LogP contribution in [0, 0.1) is 21.4 Å². The maximum Gasteiger partial charge on any atom is 0.289 e. The summed E-state index contributed by atoms with van der Waals surface area (Å²) in [4.78, 5) is 10.3. The number of nitriles is 1. The molecule has 0 aliphatic heterocycles. The number of hydrogen-bond acceptors (Lipinski definition) is 5. The van der Waals surface area contributed by atoms with Gasteiger partial charge in [-0.05, 0) is 29.8 Å². The second kappa shape index (κ2) is 5.71. The number of rotatable bonds is 4. The first-order valence-corrected chi connectivity index (χ1v) is 5.87. The van der Waals surface area contributed by atoms with Gasteiger partial charge in [0.05, 0.1) is 4.92 Å². The molecule has 0 saturated carbocycles. The van der Waals surface area contributed by atoms with Gasteiger partial charge in [0.15, 0.2) is 0 Å². The number of nitro benzene ring substituents is 1. The van der Waals surface area contributed by atoms with Crippen molar-refractivity contribution in [2.75, 3.05) is 11.1 Å². The van der Waals surface area contributed by atoms with Crippen LogP contribution in [0.25, 0.3) is 0 Å². The molecule has 3 N–H and O–H groups in total. The standard InChI is InChI=1S/C14H12N4O2/c15-8-11-3-6-13(7-14(11)18(19)20)17-9-10-1-4-12(16)5-2-10/h1-7,17H,9,16H2. The SMILES string of the molecule is N#Cc1ccc(NCc2ccc(N)cc2)cc1[N+](=O)[O-]. The number of anilines is 2. The van der Waals surface area contributed by atoms with Crippen molar-refractivity contribution in [1.82, 2.24) is 0 Å². The minimum Gasteiger partial charge on any atom is -0.399 e. The van der Waals surface area contributed by atoms with Crippen molar-refractivity contribution in [3.63, 3.8) is 0 Å². The van der Waals surface area contributed by atoms with Crippen molar-refractivity contribution in [2.24, 2.45) is 0 Å². The first-order chi connectivity index (χ1) is 9.60. The van der Waals surface area contributed by atoms with Crippen LogP contribution in [-0.2, 0) is 6.54 Å². The van der Waals surface area contributed by atoms with Crippen LogP contribution in [-0.4, -0.2) is 4.92 Å². The lowest BCUT2D eigenvalue weighted by molar-refractivity contribution is -0.385. The smallest absolute Gasteiger partial charge is 0.289 e. The fraction of sp³-hybridized carbons (Fsp3) is 0.0714. The predicted molar refractivity (Wildman–Crippen MR) is 76.0 cm³/mol. The molecule has 0 aliphatic carbocycles. The van der Waals surface area contributed by atoms with E-state index in [0.717, 1.165) is 5.56 Å². The van der Waals surface area contributed by atoms with Gasteiger partial charge >= 0.3 is 0 Å². The molecule has 0 saturated heterocycles. The van der Waals surface area contributed by atoms with Crippen LogP contribution in [0.2, 0.25) is 0 Å². The van der Waals surface area contributed by atoms with Crippen molar-refractivity contribution in [2.45, 2.75) is 6.54 Å². The van der Waals surface area contributed by atoms with Crippen molar-refractivity contribution in [3.05, 3.63) is 63.7 Å². The summed E-state index contributed by atoms with van der Waals surface area (Å²) in [5, 5.41) is 22.7. The molecular weight excluding hydrogens is 256 g/mol. The van der Waals surface area contributed by atoms with Gasteiger partial charge in [-0.15, -0.1) is 0 Å². The molecule has 100 valence electrons. The quantitative estimate of drug-likeness (QED) is 0.504. The monoisotopic (exact) mass is 268 g/mol. The molecule has 0 unspecified atom stereocenters. The van der Waals surface area contributed by atoms with E-state index in [1.807, 2.05) is 12.1 Å². The lowest BCUT2D eigenvalue weighted by Crippen LogP contribution is -2.01. The second-order valence-corrected chi connectivity index (χ2v) is 4.20. The average molecular weight is 268 g/mol. The molecule has 2 aromatic carbocycles. The minimum absolute atomic E-state index is 0.0491. The van der Waals surface area contributed by atoms with E-state index < -0.39 is 4.92 Å². The van der Waals surface area contributed by atoms with E-state index in [4.69, 9.17) is 11.0 Å². The molecule has 0 aliphatic rings. The number of nitro groups is 1. The van der Waals surface area contributed by atoms with Crippen molar-refractivity contribution >= 4 is 17.1 Å². The van der Waals surface area contributed by atoms with E-state index in [0.29, 0.717) is 17.9 Å². The van der Waals surface area contributed by atoms with E-state index in [9.17, 15) is 10.1 Å². The molecule has 20 heavy (non-hydrogen) atoms. The molecule has 0 spiro atoms. The molecule has 6 heteroatoms. The Bertz CT molecular complexity index is 675. The molecule has 0 aromatic heterocycles. The van der Waals surface area contributed by atoms with Crippen molar-refractivity contribution in [3.8, 4) is 6.07 Å². The van der Waals surface area contributed by atoms with Gasteiger partial charge in [0.2, 0.25) is 0 Å². The molecule has 0 heterocycles. The van der Waals surface area contributed by atoms with Crippen LogP contribution in [0.3, 0.4) is 0 Å². The number of hydrogen-bond donors (Lipinski definition) is 2.